The molecule has 0 radical (unpaired) electrons. The number of nitrogens with zero attached hydrogens (tertiary/aromatic N) is 2. The first kappa shape index (κ1) is 28.1. The third kappa shape index (κ3) is 5.00. The van der Waals surface area contributed by atoms with Crippen molar-refractivity contribution in [2.24, 2.45) is 11.8 Å². The van der Waals surface area contributed by atoms with Gasteiger partial charge in [0.2, 0.25) is 0 Å². The van der Waals surface area contributed by atoms with Gasteiger partial charge in [-0.2, -0.15) is 0 Å². The van der Waals surface area contributed by atoms with Crippen LogP contribution in [0.25, 0.3) is 34.4 Å². The molecule has 1 aliphatic carbocycles. The van der Waals surface area contributed by atoms with Crippen LogP contribution in [0.4, 0.5) is 11.4 Å². The summed E-state index contributed by atoms with van der Waals surface area (Å²) in [6.07, 6.45) is 11.1. The van der Waals surface area contributed by atoms with Crippen LogP contribution >= 0.6 is 0 Å². The Morgan fingerprint density at radius 3 is 1.25 bits per heavy atom. The summed E-state index contributed by atoms with van der Waals surface area (Å²) in [5.41, 5.74) is 13.7. The van der Waals surface area contributed by atoms with Gasteiger partial charge in [0.05, 0.1) is 12.2 Å². The second kappa shape index (κ2) is 11.1. The van der Waals surface area contributed by atoms with Crippen LogP contribution in [0.1, 0.15) is 22.3 Å². The van der Waals surface area contributed by atoms with E-state index < -0.39 is 12.2 Å². The number of aryl methyl sites for hydroxylation is 2. The van der Waals surface area contributed by atoms with Crippen molar-refractivity contribution in [3.05, 3.63) is 143 Å². The highest BCUT2D eigenvalue weighted by atomic mass is 16.3. The molecular weight excluding hydrogens is 540 g/mol. The van der Waals surface area contributed by atoms with Gasteiger partial charge in [-0.15, -0.1) is 0 Å². The van der Waals surface area contributed by atoms with E-state index in [1.165, 1.54) is 33.4 Å². The monoisotopic (exact) mass is 578 g/mol. The molecule has 4 heteroatoms. The summed E-state index contributed by atoms with van der Waals surface area (Å²) in [5, 5.41) is 22.4. The number of anilines is 2. The lowest BCUT2D eigenvalue weighted by molar-refractivity contribution is -0.110. The maximum Gasteiger partial charge on any atom is 0.0717 e. The number of benzene rings is 4. The zero-order chi connectivity index (χ0) is 30.5. The van der Waals surface area contributed by atoms with Crippen molar-refractivity contribution < 1.29 is 10.2 Å². The number of likely N-dealkylation sites (N-methyl/N-ethyl adjacent to an activating group) is 2. The maximum atomic E-state index is 11.2. The average molecular weight is 579 g/mol. The molecule has 2 heterocycles. The summed E-state index contributed by atoms with van der Waals surface area (Å²) in [4.78, 5) is 4.28. The summed E-state index contributed by atoms with van der Waals surface area (Å²) in [5.74, 6) is -0.677. The highest BCUT2D eigenvalue weighted by molar-refractivity contribution is 5.82. The van der Waals surface area contributed by atoms with Crippen LogP contribution in [0.2, 0.25) is 0 Å². The van der Waals surface area contributed by atoms with Crippen molar-refractivity contribution in [2.45, 2.75) is 26.1 Å². The number of hydrogen-bond donors (Lipinski definition) is 2. The highest BCUT2D eigenvalue weighted by Gasteiger charge is 2.47. The van der Waals surface area contributed by atoms with E-state index >= 15 is 0 Å². The molecule has 1 fully saturated rings. The van der Waals surface area contributed by atoms with Crippen molar-refractivity contribution in [2.75, 3.05) is 23.9 Å². The topological polar surface area (TPSA) is 46.9 Å². The van der Waals surface area contributed by atoms with Gasteiger partial charge in [-0.1, -0.05) is 96.1 Å². The molecule has 2 N–H and O–H groups in total. The Morgan fingerprint density at radius 1 is 0.500 bits per heavy atom. The molecule has 0 spiro atoms. The van der Waals surface area contributed by atoms with E-state index in [2.05, 4.69) is 133 Å². The summed E-state index contributed by atoms with van der Waals surface area (Å²) in [7, 11) is 4.08. The Bertz CT molecular complexity index is 1700. The van der Waals surface area contributed by atoms with Crippen molar-refractivity contribution >= 4 is 23.5 Å². The number of rotatable bonds is 4. The molecule has 7 rings (SSSR count). The van der Waals surface area contributed by atoms with Gasteiger partial charge >= 0.3 is 0 Å². The first-order valence-corrected chi connectivity index (χ1v) is 15.3. The van der Waals surface area contributed by atoms with Gasteiger partial charge in [-0.3, -0.25) is 0 Å². The first-order chi connectivity index (χ1) is 21.3. The second-order valence-electron chi connectivity index (χ2n) is 12.4. The normalized spacial score (nSPS) is 24.0. The third-order valence-electron chi connectivity index (χ3n) is 9.49. The SMILES string of the molecule is Cc1ccc(-c2ccc3c(c2)C=C/C(=C\C2C(O)C(/C=C4\C=Cc5cc(-c6ccc(C)cc6)ccc5N4C)C2O)N3C)cc1. The van der Waals surface area contributed by atoms with Gasteiger partial charge < -0.3 is 20.0 Å². The van der Waals surface area contributed by atoms with Gasteiger partial charge in [0.15, 0.2) is 0 Å². The molecule has 4 nitrogen and oxygen atoms in total. The first-order valence-electron chi connectivity index (χ1n) is 15.3. The van der Waals surface area contributed by atoms with Crippen LogP contribution in [0.5, 0.6) is 0 Å². The summed E-state index contributed by atoms with van der Waals surface area (Å²) >= 11 is 0. The van der Waals surface area contributed by atoms with Gasteiger partial charge in [-0.25, -0.2) is 0 Å². The highest BCUT2D eigenvalue weighted by Crippen LogP contribution is 2.42. The van der Waals surface area contributed by atoms with Crippen molar-refractivity contribution in [1.82, 2.24) is 0 Å². The minimum atomic E-state index is -0.663. The Hall–Kier alpha value is -4.64. The molecule has 1 saturated carbocycles. The number of allylic oxidation sites excluding steroid dienone is 2. The lowest BCUT2D eigenvalue weighted by Crippen LogP contribution is -2.54. The largest absolute Gasteiger partial charge is 0.392 e. The fourth-order valence-corrected chi connectivity index (χ4v) is 6.59. The molecule has 0 aromatic heterocycles. The average Bonchev–Trinajstić information content (AvgIpc) is 3.04. The van der Waals surface area contributed by atoms with Crippen LogP contribution in [0.15, 0.2) is 121 Å². The van der Waals surface area contributed by atoms with Gasteiger partial charge in [0.1, 0.15) is 0 Å². The standard InChI is InChI=1S/C40H38N2O2/c1-25-5-9-27(10-6-25)29-15-19-37-31(21-29)13-17-33(41(37)3)23-35-39(43)36(40(35)44)24-34-18-14-32-22-30(16-20-38(32)42(34)4)28-11-7-26(2)8-12-28/h5-24,35-36,39-40,43-44H,1-4H3/b33-23+,34-24+. The fraction of sp³-hybridized carbons (Fsp3) is 0.200. The van der Waals surface area contributed by atoms with Crippen LogP contribution in [0.3, 0.4) is 0 Å². The molecule has 0 saturated heterocycles. The van der Waals surface area contributed by atoms with E-state index in [1.54, 1.807) is 0 Å². The Morgan fingerprint density at radius 2 is 0.864 bits per heavy atom. The van der Waals surface area contributed by atoms with Gasteiger partial charge in [-0.05, 0) is 83.6 Å². The maximum absolute atomic E-state index is 11.2. The number of aliphatic hydroxyl groups excluding tert-OH is 2. The van der Waals surface area contributed by atoms with E-state index in [9.17, 15) is 10.2 Å². The third-order valence-corrected chi connectivity index (χ3v) is 9.49. The molecule has 0 bridgehead atoms. The summed E-state index contributed by atoms with van der Waals surface area (Å²) in [6, 6.07) is 30.2. The van der Waals surface area contributed by atoms with Crippen LogP contribution < -0.4 is 9.80 Å². The van der Waals surface area contributed by atoms with Crippen molar-refractivity contribution in [3.8, 4) is 22.3 Å². The number of fused-ring (bicyclic) bond motifs is 2. The molecule has 3 aliphatic rings. The second-order valence-corrected chi connectivity index (χ2v) is 12.4. The van der Waals surface area contributed by atoms with Crippen LogP contribution in [-0.4, -0.2) is 36.5 Å². The zero-order valence-electron chi connectivity index (χ0n) is 25.6. The predicted molar refractivity (Wildman–Crippen MR) is 183 cm³/mol. The van der Waals surface area contributed by atoms with E-state index in [4.69, 9.17) is 0 Å². The van der Waals surface area contributed by atoms with Crippen molar-refractivity contribution in [3.63, 3.8) is 0 Å². The molecule has 4 aromatic carbocycles. The molecule has 44 heavy (non-hydrogen) atoms. The van der Waals surface area contributed by atoms with E-state index in [0.717, 1.165) is 33.9 Å². The van der Waals surface area contributed by atoms with E-state index in [-0.39, 0.29) is 11.8 Å². The molecule has 0 atom stereocenters. The molecule has 4 aromatic rings. The van der Waals surface area contributed by atoms with E-state index in [0.29, 0.717) is 0 Å². The Kier molecular flexibility index (Phi) is 7.12. The molecule has 2 aliphatic heterocycles. The fourth-order valence-electron chi connectivity index (χ4n) is 6.59. The lowest BCUT2D eigenvalue weighted by Gasteiger charge is -2.45. The minimum Gasteiger partial charge on any atom is -0.392 e. The summed E-state index contributed by atoms with van der Waals surface area (Å²) in [6.45, 7) is 4.20. The lowest BCUT2D eigenvalue weighted by atomic mass is 9.68. The Balaban J connectivity index is 1.06. The molecule has 0 amide bonds. The molecule has 220 valence electrons. The molecular formula is C40H38N2O2. The smallest absolute Gasteiger partial charge is 0.0717 e. The number of hydrogen-bond acceptors (Lipinski definition) is 4. The predicted octanol–water partition coefficient (Wildman–Crippen LogP) is 8.00. The minimum absolute atomic E-state index is 0.338. The summed E-state index contributed by atoms with van der Waals surface area (Å²) < 4.78 is 0. The molecule has 0 unspecified atom stereocenters. The van der Waals surface area contributed by atoms with Crippen LogP contribution in [-0.2, 0) is 0 Å². The van der Waals surface area contributed by atoms with Crippen LogP contribution in [0, 0.1) is 25.7 Å². The van der Waals surface area contributed by atoms with Gasteiger partial charge in [0, 0.05) is 48.7 Å². The quantitative estimate of drug-likeness (QED) is 0.258. The van der Waals surface area contributed by atoms with Gasteiger partial charge in [0.25, 0.3) is 0 Å². The zero-order valence-corrected chi connectivity index (χ0v) is 25.6. The number of aliphatic hydroxyl groups is 2. The van der Waals surface area contributed by atoms with Crippen molar-refractivity contribution in [1.29, 1.82) is 0 Å². The van der Waals surface area contributed by atoms with E-state index in [1.807, 2.05) is 26.2 Å². The Labute approximate surface area is 260 Å².